The van der Waals surface area contributed by atoms with Crippen LogP contribution in [0.1, 0.15) is 32.9 Å². The standard InChI is InChI=1S/C18H22N2S/c1-20-8-7-14-9-13(5-6-17(14)20)11-19-12-16-10-15-3-2-4-18(15)21-16/h5-6,9-10,19H,2-4,7-8,11-12H2,1H3. The molecule has 2 nitrogen and oxygen atoms in total. The van der Waals surface area contributed by atoms with Gasteiger partial charge in [0.05, 0.1) is 0 Å². The fraction of sp³-hybridized carbons (Fsp3) is 0.444. The SMILES string of the molecule is CN1CCc2cc(CNCc3cc4c(s3)CCC4)ccc21. The number of rotatable bonds is 4. The predicted octanol–water partition coefficient (Wildman–Crippen LogP) is 3.52. The Balaban J connectivity index is 1.36. The molecular formula is C18H22N2S. The largest absolute Gasteiger partial charge is 0.374 e. The Bertz CT molecular complexity index is 638. The minimum Gasteiger partial charge on any atom is -0.374 e. The van der Waals surface area contributed by atoms with Gasteiger partial charge < -0.3 is 10.2 Å². The van der Waals surface area contributed by atoms with Gasteiger partial charge in [-0.2, -0.15) is 0 Å². The predicted molar refractivity (Wildman–Crippen MR) is 90.3 cm³/mol. The van der Waals surface area contributed by atoms with Gasteiger partial charge in [0.1, 0.15) is 0 Å². The van der Waals surface area contributed by atoms with E-state index in [2.05, 4.69) is 41.5 Å². The number of fused-ring (bicyclic) bond motifs is 2. The smallest absolute Gasteiger partial charge is 0.0397 e. The molecule has 0 saturated carbocycles. The molecular weight excluding hydrogens is 276 g/mol. The van der Waals surface area contributed by atoms with E-state index in [-0.39, 0.29) is 0 Å². The third kappa shape index (κ3) is 2.60. The van der Waals surface area contributed by atoms with Crippen molar-refractivity contribution < 1.29 is 0 Å². The molecule has 0 atom stereocenters. The molecule has 2 heterocycles. The quantitative estimate of drug-likeness (QED) is 0.929. The average molecular weight is 298 g/mol. The van der Waals surface area contributed by atoms with Crippen LogP contribution in [-0.2, 0) is 32.4 Å². The van der Waals surface area contributed by atoms with Crippen molar-refractivity contribution in [2.45, 2.75) is 38.8 Å². The fourth-order valence-corrected chi connectivity index (χ4v) is 4.77. The summed E-state index contributed by atoms with van der Waals surface area (Å²) in [6.07, 6.45) is 5.15. The number of benzene rings is 1. The van der Waals surface area contributed by atoms with Gasteiger partial charge in [0, 0.05) is 42.1 Å². The van der Waals surface area contributed by atoms with Crippen molar-refractivity contribution in [3.63, 3.8) is 0 Å². The van der Waals surface area contributed by atoms with Crippen LogP contribution in [0.2, 0.25) is 0 Å². The summed E-state index contributed by atoms with van der Waals surface area (Å²) in [5.41, 5.74) is 5.94. The Morgan fingerprint density at radius 1 is 1.10 bits per heavy atom. The lowest BCUT2D eigenvalue weighted by molar-refractivity contribution is 0.700. The van der Waals surface area contributed by atoms with E-state index in [0.29, 0.717) is 0 Å². The summed E-state index contributed by atoms with van der Waals surface area (Å²) in [5, 5.41) is 3.61. The summed E-state index contributed by atoms with van der Waals surface area (Å²) >= 11 is 2.01. The van der Waals surface area contributed by atoms with E-state index in [1.165, 1.54) is 47.4 Å². The Morgan fingerprint density at radius 2 is 2.05 bits per heavy atom. The van der Waals surface area contributed by atoms with Gasteiger partial charge in [-0.1, -0.05) is 12.1 Å². The number of likely N-dealkylation sites (N-methyl/N-ethyl adjacent to an activating group) is 1. The molecule has 1 aliphatic carbocycles. The second-order valence-corrected chi connectivity index (χ2v) is 7.47. The number of thiophene rings is 1. The van der Waals surface area contributed by atoms with Gasteiger partial charge in [-0.25, -0.2) is 0 Å². The fourth-order valence-electron chi connectivity index (χ4n) is 3.54. The normalized spacial score (nSPS) is 16.3. The summed E-state index contributed by atoms with van der Waals surface area (Å²) in [5.74, 6) is 0. The van der Waals surface area contributed by atoms with Crippen LogP contribution in [0.3, 0.4) is 0 Å². The highest BCUT2D eigenvalue weighted by Gasteiger charge is 2.16. The zero-order valence-corrected chi connectivity index (χ0v) is 13.4. The zero-order valence-electron chi connectivity index (χ0n) is 12.6. The Kier molecular flexibility index (Phi) is 3.48. The maximum absolute atomic E-state index is 3.61. The first-order chi connectivity index (χ1) is 10.3. The Morgan fingerprint density at radius 3 is 2.95 bits per heavy atom. The van der Waals surface area contributed by atoms with Crippen LogP contribution in [0.15, 0.2) is 24.3 Å². The number of aryl methyl sites for hydroxylation is 2. The monoisotopic (exact) mass is 298 g/mol. The van der Waals surface area contributed by atoms with Crippen LogP contribution in [0.5, 0.6) is 0 Å². The van der Waals surface area contributed by atoms with Crippen molar-refractivity contribution in [3.05, 3.63) is 50.7 Å². The van der Waals surface area contributed by atoms with Gasteiger partial charge in [0.25, 0.3) is 0 Å². The van der Waals surface area contributed by atoms with Gasteiger partial charge in [-0.3, -0.25) is 0 Å². The van der Waals surface area contributed by atoms with Crippen molar-refractivity contribution in [2.24, 2.45) is 0 Å². The van der Waals surface area contributed by atoms with Crippen LogP contribution >= 0.6 is 11.3 Å². The van der Waals surface area contributed by atoms with E-state index < -0.39 is 0 Å². The van der Waals surface area contributed by atoms with E-state index in [1.54, 1.807) is 10.4 Å². The number of anilines is 1. The molecule has 21 heavy (non-hydrogen) atoms. The lowest BCUT2D eigenvalue weighted by atomic mass is 10.1. The van der Waals surface area contributed by atoms with E-state index in [4.69, 9.17) is 0 Å². The van der Waals surface area contributed by atoms with Gasteiger partial charge in [0.2, 0.25) is 0 Å². The highest BCUT2D eigenvalue weighted by atomic mass is 32.1. The third-order valence-corrected chi connectivity index (χ3v) is 5.93. The second-order valence-electron chi connectivity index (χ2n) is 6.25. The molecule has 1 N–H and O–H groups in total. The lowest BCUT2D eigenvalue weighted by Gasteiger charge is -2.12. The highest BCUT2D eigenvalue weighted by molar-refractivity contribution is 7.12. The minimum atomic E-state index is 0.972. The summed E-state index contributed by atoms with van der Waals surface area (Å²) in [7, 11) is 2.18. The molecule has 1 aromatic carbocycles. The van der Waals surface area contributed by atoms with E-state index >= 15 is 0 Å². The number of nitrogens with one attached hydrogen (secondary N) is 1. The minimum absolute atomic E-state index is 0.972. The summed E-state index contributed by atoms with van der Waals surface area (Å²) in [4.78, 5) is 5.48. The van der Waals surface area contributed by atoms with Crippen molar-refractivity contribution in [2.75, 3.05) is 18.5 Å². The highest BCUT2D eigenvalue weighted by Crippen LogP contribution is 2.30. The van der Waals surface area contributed by atoms with Crippen molar-refractivity contribution in [3.8, 4) is 0 Å². The molecule has 0 saturated heterocycles. The molecule has 110 valence electrons. The Labute approximate surface area is 130 Å². The van der Waals surface area contributed by atoms with Crippen LogP contribution in [0.4, 0.5) is 5.69 Å². The van der Waals surface area contributed by atoms with Crippen LogP contribution in [0, 0.1) is 0 Å². The van der Waals surface area contributed by atoms with Crippen LogP contribution in [-0.4, -0.2) is 13.6 Å². The molecule has 2 aliphatic rings. The first-order valence-electron chi connectivity index (χ1n) is 7.94. The first kappa shape index (κ1) is 13.4. The summed E-state index contributed by atoms with van der Waals surface area (Å²) < 4.78 is 0. The van der Waals surface area contributed by atoms with Crippen molar-refractivity contribution >= 4 is 17.0 Å². The van der Waals surface area contributed by atoms with Gasteiger partial charge in [0.15, 0.2) is 0 Å². The molecule has 0 amide bonds. The molecule has 0 radical (unpaired) electrons. The molecule has 1 aromatic heterocycles. The molecule has 4 rings (SSSR count). The Hall–Kier alpha value is -1.32. The molecule has 2 aromatic rings. The maximum Gasteiger partial charge on any atom is 0.0397 e. The van der Waals surface area contributed by atoms with Crippen molar-refractivity contribution in [1.82, 2.24) is 5.32 Å². The second kappa shape index (κ2) is 5.47. The molecule has 0 fully saturated rings. The van der Waals surface area contributed by atoms with Gasteiger partial charge in [-0.05, 0) is 54.5 Å². The number of hydrogen-bond donors (Lipinski definition) is 1. The summed E-state index contributed by atoms with van der Waals surface area (Å²) in [6.45, 7) is 3.14. The number of nitrogens with zero attached hydrogens (tertiary/aromatic N) is 1. The van der Waals surface area contributed by atoms with E-state index in [1.807, 2.05) is 11.3 Å². The first-order valence-corrected chi connectivity index (χ1v) is 8.75. The molecule has 0 bridgehead atoms. The average Bonchev–Trinajstić information content (AvgIpc) is 3.14. The number of hydrogen-bond acceptors (Lipinski definition) is 3. The van der Waals surface area contributed by atoms with Gasteiger partial charge >= 0.3 is 0 Å². The van der Waals surface area contributed by atoms with Crippen LogP contribution < -0.4 is 10.2 Å². The maximum atomic E-state index is 3.61. The summed E-state index contributed by atoms with van der Waals surface area (Å²) in [6, 6.07) is 9.33. The molecule has 0 spiro atoms. The topological polar surface area (TPSA) is 15.3 Å². The van der Waals surface area contributed by atoms with Crippen LogP contribution in [0.25, 0.3) is 0 Å². The van der Waals surface area contributed by atoms with E-state index in [0.717, 1.165) is 19.6 Å². The van der Waals surface area contributed by atoms with Gasteiger partial charge in [-0.15, -0.1) is 11.3 Å². The third-order valence-electron chi connectivity index (χ3n) is 4.70. The zero-order chi connectivity index (χ0) is 14.2. The molecule has 3 heteroatoms. The molecule has 0 unspecified atom stereocenters. The van der Waals surface area contributed by atoms with E-state index in [9.17, 15) is 0 Å². The lowest BCUT2D eigenvalue weighted by Crippen LogP contribution is -2.13. The molecule has 1 aliphatic heterocycles. The van der Waals surface area contributed by atoms with Crippen molar-refractivity contribution in [1.29, 1.82) is 0 Å².